The number of hydrogen-bond donors (Lipinski definition) is 1. The van der Waals surface area contributed by atoms with Crippen molar-refractivity contribution in [3.05, 3.63) is 27.4 Å². The van der Waals surface area contributed by atoms with Gasteiger partial charge in [-0.1, -0.05) is 6.92 Å². The SMILES string of the molecule is CCCNc1nc(C)c([N+](=O)[O-])c(Sc2nccs2)n1. The smallest absolute Gasteiger partial charge is 0.322 e. The molecule has 9 heteroatoms. The van der Waals surface area contributed by atoms with Crippen molar-refractivity contribution in [1.82, 2.24) is 15.0 Å². The summed E-state index contributed by atoms with van der Waals surface area (Å²) >= 11 is 2.60. The zero-order chi connectivity index (χ0) is 14.5. The molecule has 0 amide bonds. The quantitative estimate of drug-likeness (QED) is 0.497. The van der Waals surface area contributed by atoms with E-state index in [4.69, 9.17) is 0 Å². The van der Waals surface area contributed by atoms with Crippen LogP contribution >= 0.6 is 23.1 Å². The summed E-state index contributed by atoms with van der Waals surface area (Å²) in [5.41, 5.74) is 0.287. The molecule has 0 aliphatic carbocycles. The second-order valence-electron chi connectivity index (χ2n) is 3.87. The molecular weight excluding hydrogens is 298 g/mol. The number of hydrogen-bond acceptors (Lipinski definition) is 8. The molecule has 1 N–H and O–H groups in total. The number of anilines is 1. The van der Waals surface area contributed by atoms with E-state index >= 15 is 0 Å². The van der Waals surface area contributed by atoms with Crippen molar-refractivity contribution in [1.29, 1.82) is 0 Å². The van der Waals surface area contributed by atoms with Gasteiger partial charge in [-0.05, 0) is 25.1 Å². The van der Waals surface area contributed by atoms with Crippen molar-refractivity contribution in [3.8, 4) is 0 Å². The minimum Gasteiger partial charge on any atom is -0.354 e. The zero-order valence-corrected chi connectivity index (χ0v) is 12.6. The molecule has 0 radical (unpaired) electrons. The molecule has 7 nitrogen and oxygen atoms in total. The third kappa shape index (κ3) is 3.42. The highest BCUT2D eigenvalue weighted by atomic mass is 32.2. The second-order valence-corrected chi connectivity index (χ2v) is 6.00. The van der Waals surface area contributed by atoms with E-state index in [-0.39, 0.29) is 5.69 Å². The van der Waals surface area contributed by atoms with Gasteiger partial charge in [0.25, 0.3) is 0 Å². The highest BCUT2D eigenvalue weighted by Crippen LogP contribution is 2.36. The molecule has 0 spiro atoms. The van der Waals surface area contributed by atoms with Gasteiger partial charge in [0.1, 0.15) is 5.69 Å². The largest absolute Gasteiger partial charge is 0.354 e. The van der Waals surface area contributed by atoms with E-state index in [1.807, 2.05) is 12.3 Å². The summed E-state index contributed by atoms with van der Waals surface area (Å²) in [5, 5.41) is 16.4. The van der Waals surface area contributed by atoms with Crippen LogP contribution in [0.3, 0.4) is 0 Å². The minimum absolute atomic E-state index is 0.0627. The van der Waals surface area contributed by atoms with Crippen molar-refractivity contribution < 1.29 is 4.92 Å². The third-order valence-electron chi connectivity index (χ3n) is 2.34. The highest BCUT2D eigenvalue weighted by Gasteiger charge is 2.23. The van der Waals surface area contributed by atoms with E-state index < -0.39 is 4.92 Å². The highest BCUT2D eigenvalue weighted by molar-refractivity contribution is 8.01. The van der Waals surface area contributed by atoms with Crippen molar-refractivity contribution in [2.24, 2.45) is 0 Å². The van der Waals surface area contributed by atoms with Gasteiger partial charge in [0.05, 0.1) is 4.92 Å². The van der Waals surface area contributed by atoms with Crippen LogP contribution in [0.15, 0.2) is 20.9 Å². The lowest BCUT2D eigenvalue weighted by molar-refractivity contribution is -0.389. The average Bonchev–Trinajstić information content (AvgIpc) is 2.88. The number of aryl methyl sites for hydroxylation is 1. The first kappa shape index (κ1) is 14.7. The Morgan fingerprint density at radius 2 is 2.30 bits per heavy atom. The van der Waals surface area contributed by atoms with Gasteiger partial charge in [-0.3, -0.25) is 10.1 Å². The summed E-state index contributed by atoms with van der Waals surface area (Å²) < 4.78 is 0.715. The Bertz CT molecular complexity index is 603. The Kier molecular flexibility index (Phi) is 4.85. The molecule has 0 saturated carbocycles. The van der Waals surface area contributed by atoms with Gasteiger partial charge in [-0.15, -0.1) is 11.3 Å². The van der Waals surface area contributed by atoms with Crippen LogP contribution in [-0.2, 0) is 0 Å². The van der Waals surface area contributed by atoms with E-state index in [2.05, 4.69) is 20.3 Å². The number of rotatable bonds is 6. The third-order valence-corrected chi connectivity index (χ3v) is 4.20. The molecule has 2 rings (SSSR count). The van der Waals surface area contributed by atoms with Crippen LogP contribution in [-0.4, -0.2) is 26.4 Å². The Morgan fingerprint density at radius 3 is 2.90 bits per heavy atom. The van der Waals surface area contributed by atoms with Gasteiger partial charge in [0, 0.05) is 18.1 Å². The van der Waals surface area contributed by atoms with Gasteiger partial charge < -0.3 is 5.32 Å². The Morgan fingerprint density at radius 1 is 1.50 bits per heavy atom. The van der Waals surface area contributed by atoms with Crippen LogP contribution in [0.2, 0.25) is 0 Å². The van der Waals surface area contributed by atoms with Crippen molar-refractivity contribution in [2.45, 2.75) is 29.6 Å². The van der Waals surface area contributed by atoms with E-state index in [1.165, 1.54) is 23.1 Å². The summed E-state index contributed by atoms with van der Waals surface area (Å²) in [7, 11) is 0. The Labute approximate surface area is 124 Å². The average molecular weight is 311 g/mol. The Hall–Kier alpha value is -1.74. The van der Waals surface area contributed by atoms with E-state index in [0.29, 0.717) is 21.0 Å². The zero-order valence-electron chi connectivity index (χ0n) is 11.0. The lowest BCUT2D eigenvalue weighted by Gasteiger charge is -2.07. The van der Waals surface area contributed by atoms with Gasteiger partial charge in [-0.2, -0.15) is 4.98 Å². The molecule has 0 fully saturated rings. The monoisotopic (exact) mass is 311 g/mol. The van der Waals surface area contributed by atoms with Crippen molar-refractivity contribution in [3.63, 3.8) is 0 Å². The molecule has 2 aromatic rings. The van der Waals surface area contributed by atoms with Crippen molar-refractivity contribution >= 4 is 34.7 Å². The molecule has 0 aliphatic heterocycles. The van der Waals surface area contributed by atoms with Gasteiger partial charge in [0.15, 0.2) is 9.37 Å². The molecule has 0 atom stereocenters. The standard InChI is InChI=1S/C11H13N5O2S2/c1-3-4-12-10-14-7(2)8(16(17)18)9(15-10)20-11-13-5-6-19-11/h5-6H,3-4H2,1-2H3,(H,12,14,15). The maximum atomic E-state index is 11.2. The Balaban J connectivity index is 2.38. The fourth-order valence-corrected chi connectivity index (χ4v) is 3.17. The summed E-state index contributed by atoms with van der Waals surface area (Å²) in [4.78, 5) is 23.2. The first-order chi connectivity index (χ1) is 9.61. The maximum absolute atomic E-state index is 11.2. The van der Waals surface area contributed by atoms with Gasteiger partial charge in [-0.25, -0.2) is 9.97 Å². The van der Waals surface area contributed by atoms with Crippen LogP contribution in [0.5, 0.6) is 0 Å². The van der Waals surface area contributed by atoms with E-state index in [0.717, 1.165) is 13.0 Å². The maximum Gasteiger partial charge on any atom is 0.322 e. The normalized spacial score (nSPS) is 10.5. The van der Waals surface area contributed by atoms with Gasteiger partial charge in [0.2, 0.25) is 5.95 Å². The van der Waals surface area contributed by atoms with Crippen LogP contribution < -0.4 is 5.32 Å². The minimum atomic E-state index is -0.450. The molecule has 0 aromatic carbocycles. The fourth-order valence-electron chi connectivity index (χ4n) is 1.48. The molecule has 106 valence electrons. The van der Waals surface area contributed by atoms with Gasteiger partial charge >= 0.3 is 5.69 Å². The fraction of sp³-hybridized carbons (Fsp3) is 0.364. The number of thiazole rings is 1. The lowest BCUT2D eigenvalue weighted by atomic mass is 10.4. The van der Waals surface area contributed by atoms with Crippen LogP contribution in [0, 0.1) is 17.0 Å². The van der Waals surface area contributed by atoms with Crippen LogP contribution in [0.1, 0.15) is 19.0 Å². The van der Waals surface area contributed by atoms with E-state index in [1.54, 1.807) is 13.1 Å². The van der Waals surface area contributed by atoms with Crippen LogP contribution in [0.25, 0.3) is 0 Å². The molecule has 0 saturated heterocycles. The van der Waals surface area contributed by atoms with Crippen LogP contribution in [0.4, 0.5) is 11.6 Å². The summed E-state index contributed by atoms with van der Waals surface area (Å²) in [6.07, 6.45) is 2.58. The first-order valence-electron chi connectivity index (χ1n) is 5.96. The van der Waals surface area contributed by atoms with E-state index in [9.17, 15) is 10.1 Å². The predicted molar refractivity (Wildman–Crippen MR) is 78.4 cm³/mol. The number of nitrogens with one attached hydrogen (secondary N) is 1. The molecule has 0 bridgehead atoms. The second kappa shape index (κ2) is 6.62. The first-order valence-corrected chi connectivity index (χ1v) is 7.65. The number of nitro groups is 1. The topological polar surface area (TPSA) is 93.8 Å². The number of aromatic nitrogens is 3. The number of nitrogens with zero attached hydrogens (tertiary/aromatic N) is 4. The molecule has 20 heavy (non-hydrogen) atoms. The molecule has 0 aliphatic rings. The van der Waals surface area contributed by atoms with Crippen molar-refractivity contribution in [2.75, 3.05) is 11.9 Å². The lowest BCUT2D eigenvalue weighted by Crippen LogP contribution is -2.08. The summed E-state index contributed by atoms with van der Waals surface area (Å²) in [5.74, 6) is 0.411. The molecular formula is C11H13N5O2S2. The summed E-state index contributed by atoms with van der Waals surface area (Å²) in [6.45, 7) is 4.36. The molecule has 0 unspecified atom stereocenters. The molecule has 2 heterocycles. The summed E-state index contributed by atoms with van der Waals surface area (Å²) in [6, 6.07) is 0. The predicted octanol–water partition coefficient (Wildman–Crippen LogP) is 3.12. The molecule has 2 aromatic heterocycles.